The van der Waals surface area contributed by atoms with Crippen molar-refractivity contribution >= 4 is 23.4 Å². The smallest absolute Gasteiger partial charge is 0.319 e. The van der Waals surface area contributed by atoms with Gasteiger partial charge in [0.15, 0.2) is 5.78 Å². The molecule has 0 spiro atoms. The van der Waals surface area contributed by atoms with Gasteiger partial charge in [-0.1, -0.05) is 17.7 Å². The van der Waals surface area contributed by atoms with Crippen LogP contribution < -0.4 is 15.4 Å². The molecule has 0 fully saturated rings. The van der Waals surface area contributed by atoms with Crippen molar-refractivity contribution in [2.24, 2.45) is 0 Å². The van der Waals surface area contributed by atoms with E-state index in [0.717, 1.165) is 17.0 Å². The summed E-state index contributed by atoms with van der Waals surface area (Å²) in [5.41, 5.74) is 3.94. The number of Topliss-reactive ketones (excluding diaryl/α,β-unsaturated/α-hetero) is 1. The molecule has 1 aromatic heterocycles. The van der Waals surface area contributed by atoms with Crippen LogP contribution in [0.25, 0.3) is 16.9 Å². The lowest BCUT2D eigenvalue weighted by atomic mass is 9.91. The van der Waals surface area contributed by atoms with Crippen LogP contribution in [-0.4, -0.2) is 28.7 Å². The summed E-state index contributed by atoms with van der Waals surface area (Å²) in [6.07, 6.45) is 1.82. The number of ether oxygens (including phenoxy) is 1. The van der Waals surface area contributed by atoms with E-state index in [-0.39, 0.29) is 11.8 Å². The standard InChI is InChI=1S/C23H21ClN4O3/c1-13-20(14(2)29)22(26-23(30)25-13)19-12-28(17-6-4-5-16(24)11-17)27-21(19)15-7-9-18(31-3)10-8-15/h4-12,22H,1-3H3,(H2,25,26,30). The lowest BCUT2D eigenvalue weighted by Crippen LogP contribution is -2.44. The van der Waals surface area contributed by atoms with E-state index in [2.05, 4.69) is 10.6 Å². The highest BCUT2D eigenvalue weighted by molar-refractivity contribution is 6.30. The number of benzene rings is 2. The van der Waals surface area contributed by atoms with Gasteiger partial charge in [-0.2, -0.15) is 5.10 Å². The maximum absolute atomic E-state index is 12.4. The fourth-order valence-electron chi connectivity index (χ4n) is 3.72. The summed E-state index contributed by atoms with van der Waals surface area (Å²) < 4.78 is 6.95. The van der Waals surface area contributed by atoms with E-state index >= 15 is 0 Å². The van der Waals surface area contributed by atoms with Gasteiger partial charge in [-0.15, -0.1) is 0 Å². The minimum Gasteiger partial charge on any atom is -0.497 e. The average Bonchev–Trinajstić information content (AvgIpc) is 3.18. The number of nitrogens with zero attached hydrogens (tertiary/aromatic N) is 2. The van der Waals surface area contributed by atoms with Crippen LogP contribution in [0.3, 0.4) is 0 Å². The summed E-state index contributed by atoms with van der Waals surface area (Å²) in [5.74, 6) is 0.584. The predicted octanol–water partition coefficient (Wildman–Crippen LogP) is 4.42. The highest BCUT2D eigenvalue weighted by atomic mass is 35.5. The molecule has 4 rings (SSSR count). The molecule has 158 valence electrons. The number of urea groups is 1. The zero-order valence-corrected chi connectivity index (χ0v) is 18.0. The molecule has 0 radical (unpaired) electrons. The van der Waals surface area contributed by atoms with Crippen LogP contribution in [0.1, 0.15) is 25.5 Å². The maximum Gasteiger partial charge on any atom is 0.319 e. The molecule has 2 amide bonds. The zero-order chi connectivity index (χ0) is 22.1. The summed E-state index contributed by atoms with van der Waals surface area (Å²) in [6, 6.07) is 13.7. The summed E-state index contributed by atoms with van der Waals surface area (Å²) in [4.78, 5) is 24.7. The van der Waals surface area contributed by atoms with Gasteiger partial charge in [-0.3, -0.25) is 4.79 Å². The Kier molecular flexibility index (Phi) is 5.52. The van der Waals surface area contributed by atoms with E-state index in [9.17, 15) is 9.59 Å². The van der Waals surface area contributed by atoms with Crippen LogP contribution in [-0.2, 0) is 4.79 Å². The number of ketones is 1. The van der Waals surface area contributed by atoms with Crippen LogP contribution in [0.5, 0.6) is 5.75 Å². The van der Waals surface area contributed by atoms with Crippen molar-refractivity contribution in [3.63, 3.8) is 0 Å². The summed E-state index contributed by atoms with van der Waals surface area (Å²) >= 11 is 6.17. The minimum atomic E-state index is -0.642. The first-order chi connectivity index (χ1) is 14.9. The van der Waals surface area contributed by atoms with Gasteiger partial charge in [0.05, 0.1) is 24.5 Å². The first-order valence-corrected chi connectivity index (χ1v) is 10.0. The Hall–Kier alpha value is -3.58. The van der Waals surface area contributed by atoms with E-state index in [1.807, 2.05) is 42.6 Å². The van der Waals surface area contributed by atoms with Gasteiger partial charge >= 0.3 is 6.03 Å². The van der Waals surface area contributed by atoms with Crippen LogP contribution in [0, 0.1) is 0 Å². The minimum absolute atomic E-state index is 0.133. The molecule has 7 nitrogen and oxygen atoms in total. The summed E-state index contributed by atoms with van der Waals surface area (Å²) in [7, 11) is 1.60. The van der Waals surface area contributed by atoms with Crippen molar-refractivity contribution < 1.29 is 14.3 Å². The first-order valence-electron chi connectivity index (χ1n) is 9.66. The Bertz CT molecular complexity index is 1200. The third-order valence-electron chi connectivity index (χ3n) is 5.14. The van der Waals surface area contributed by atoms with Crippen LogP contribution >= 0.6 is 11.6 Å². The highest BCUT2D eigenvalue weighted by Crippen LogP contribution is 2.35. The fourth-order valence-corrected chi connectivity index (χ4v) is 3.90. The molecular formula is C23H21ClN4O3. The molecule has 1 aliphatic heterocycles. The molecular weight excluding hydrogens is 416 g/mol. The van der Waals surface area contributed by atoms with Crippen molar-refractivity contribution in [3.8, 4) is 22.7 Å². The molecule has 0 bridgehead atoms. The molecule has 1 atom stereocenters. The first kappa shape index (κ1) is 20.7. The van der Waals surface area contributed by atoms with E-state index in [4.69, 9.17) is 21.4 Å². The largest absolute Gasteiger partial charge is 0.497 e. The molecule has 1 unspecified atom stereocenters. The number of amides is 2. The number of hydrogen-bond donors (Lipinski definition) is 2. The second-order valence-corrected chi connectivity index (χ2v) is 7.65. The molecule has 8 heteroatoms. The number of allylic oxidation sites excluding steroid dienone is 1. The second-order valence-electron chi connectivity index (χ2n) is 7.21. The van der Waals surface area contributed by atoms with E-state index in [0.29, 0.717) is 27.6 Å². The number of carbonyl (C=O) groups is 2. The molecule has 0 saturated carbocycles. The number of aromatic nitrogens is 2. The van der Waals surface area contributed by atoms with Gasteiger partial charge in [0, 0.05) is 33.6 Å². The van der Waals surface area contributed by atoms with Gasteiger partial charge in [-0.05, 0) is 56.3 Å². The Morgan fingerprint density at radius 2 is 1.94 bits per heavy atom. The van der Waals surface area contributed by atoms with Gasteiger partial charge in [0.1, 0.15) is 5.75 Å². The predicted molar refractivity (Wildman–Crippen MR) is 118 cm³/mol. The van der Waals surface area contributed by atoms with Crippen LogP contribution in [0.2, 0.25) is 5.02 Å². The number of methoxy groups -OCH3 is 1. The molecule has 0 aliphatic carbocycles. The third kappa shape index (κ3) is 4.04. The van der Waals surface area contributed by atoms with Crippen molar-refractivity contribution in [3.05, 3.63) is 76.6 Å². The van der Waals surface area contributed by atoms with Crippen LogP contribution in [0.4, 0.5) is 4.79 Å². The Morgan fingerprint density at radius 1 is 1.19 bits per heavy atom. The molecule has 2 N–H and O–H groups in total. The number of carbonyl (C=O) groups excluding carboxylic acids is 2. The van der Waals surface area contributed by atoms with Crippen molar-refractivity contribution in [2.75, 3.05) is 7.11 Å². The number of halogens is 1. The quantitative estimate of drug-likeness (QED) is 0.620. The Balaban J connectivity index is 1.91. The number of hydrogen-bond acceptors (Lipinski definition) is 4. The van der Waals surface area contributed by atoms with E-state index in [1.165, 1.54) is 6.92 Å². The maximum atomic E-state index is 12.4. The van der Waals surface area contributed by atoms with Gasteiger partial charge in [0.25, 0.3) is 0 Å². The third-order valence-corrected chi connectivity index (χ3v) is 5.37. The lowest BCUT2D eigenvalue weighted by Gasteiger charge is -2.27. The average molecular weight is 437 g/mol. The molecule has 2 heterocycles. The zero-order valence-electron chi connectivity index (χ0n) is 17.3. The Labute approximate surface area is 184 Å². The second kappa shape index (κ2) is 8.28. The SMILES string of the molecule is COc1ccc(-c2nn(-c3cccc(Cl)c3)cc2C2NC(=O)NC(C)=C2C(C)=O)cc1. The molecule has 0 saturated heterocycles. The van der Waals surface area contributed by atoms with Crippen molar-refractivity contribution in [1.82, 2.24) is 20.4 Å². The fraction of sp³-hybridized carbons (Fsp3) is 0.174. The summed E-state index contributed by atoms with van der Waals surface area (Å²) in [5, 5.41) is 10.9. The van der Waals surface area contributed by atoms with Crippen molar-refractivity contribution in [1.29, 1.82) is 0 Å². The summed E-state index contributed by atoms with van der Waals surface area (Å²) in [6.45, 7) is 3.20. The highest BCUT2D eigenvalue weighted by Gasteiger charge is 2.32. The van der Waals surface area contributed by atoms with Crippen molar-refractivity contribution in [2.45, 2.75) is 19.9 Å². The normalized spacial score (nSPS) is 16.0. The number of nitrogens with one attached hydrogen (secondary N) is 2. The molecule has 2 aromatic carbocycles. The topological polar surface area (TPSA) is 85.2 Å². The van der Waals surface area contributed by atoms with E-state index in [1.54, 1.807) is 30.8 Å². The van der Waals surface area contributed by atoms with Gasteiger partial charge in [0.2, 0.25) is 0 Å². The monoisotopic (exact) mass is 436 g/mol. The lowest BCUT2D eigenvalue weighted by molar-refractivity contribution is -0.114. The number of rotatable bonds is 5. The van der Waals surface area contributed by atoms with Gasteiger partial charge < -0.3 is 15.4 Å². The van der Waals surface area contributed by atoms with Gasteiger partial charge in [-0.25, -0.2) is 9.48 Å². The molecule has 31 heavy (non-hydrogen) atoms. The molecule has 3 aromatic rings. The Morgan fingerprint density at radius 3 is 2.58 bits per heavy atom. The van der Waals surface area contributed by atoms with Crippen LogP contribution in [0.15, 0.2) is 66.0 Å². The molecule has 1 aliphatic rings. The van der Waals surface area contributed by atoms with E-state index < -0.39 is 6.04 Å².